The quantitative estimate of drug-likeness (QED) is 0.744. The first-order valence-corrected chi connectivity index (χ1v) is 4.33. The Balaban J connectivity index is 2.71. The van der Waals surface area contributed by atoms with Gasteiger partial charge in [0.2, 0.25) is 5.89 Å². The first-order valence-electron chi connectivity index (χ1n) is 4.33. The fourth-order valence-corrected chi connectivity index (χ4v) is 1.08. The molecule has 0 amide bonds. The van der Waals surface area contributed by atoms with Gasteiger partial charge in [-0.15, -0.1) is 0 Å². The summed E-state index contributed by atoms with van der Waals surface area (Å²) in [5.74, 6) is -0.989. The average molecular weight is 199 g/mol. The van der Waals surface area contributed by atoms with Crippen LogP contribution in [0.25, 0.3) is 0 Å². The van der Waals surface area contributed by atoms with Gasteiger partial charge >= 0.3 is 5.97 Å². The number of rotatable bonds is 4. The van der Waals surface area contributed by atoms with Gasteiger partial charge < -0.3 is 15.4 Å². The maximum Gasteiger partial charge on any atom is 0.377 e. The molecule has 1 rings (SSSR count). The first kappa shape index (κ1) is 10.6. The summed E-state index contributed by atoms with van der Waals surface area (Å²) in [6, 6.07) is -0.393. The first-order chi connectivity index (χ1) is 6.50. The smallest absolute Gasteiger partial charge is 0.377 e. The van der Waals surface area contributed by atoms with Crippen LogP contribution >= 0.6 is 0 Å². The monoisotopic (exact) mass is 199 g/mol. The van der Waals surface area contributed by atoms with Gasteiger partial charge in [0.15, 0.2) is 0 Å². The van der Waals surface area contributed by atoms with Crippen molar-refractivity contribution in [1.29, 1.82) is 0 Å². The maximum absolute atomic E-state index is 10.4. The van der Waals surface area contributed by atoms with E-state index in [1.165, 1.54) is 0 Å². The van der Waals surface area contributed by atoms with E-state index in [2.05, 4.69) is 10.1 Å². The van der Waals surface area contributed by atoms with Crippen LogP contribution in [0.15, 0.2) is 4.52 Å². The number of nitrogens with zero attached hydrogens (tertiary/aromatic N) is 2. The zero-order valence-electron chi connectivity index (χ0n) is 8.10. The van der Waals surface area contributed by atoms with Crippen LogP contribution in [-0.4, -0.2) is 21.2 Å². The van der Waals surface area contributed by atoms with Crippen LogP contribution in [-0.2, 0) is 0 Å². The van der Waals surface area contributed by atoms with E-state index in [0.29, 0.717) is 12.3 Å². The van der Waals surface area contributed by atoms with Gasteiger partial charge in [-0.25, -0.2) is 4.79 Å². The van der Waals surface area contributed by atoms with Crippen LogP contribution in [0.3, 0.4) is 0 Å². The molecular weight excluding hydrogens is 186 g/mol. The van der Waals surface area contributed by atoms with Crippen molar-refractivity contribution < 1.29 is 14.4 Å². The maximum atomic E-state index is 10.4. The van der Waals surface area contributed by atoms with Crippen LogP contribution in [0.1, 0.15) is 42.8 Å². The summed E-state index contributed by atoms with van der Waals surface area (Å²) in [4.78, 5) is 14.1. The molecule has 0 radical (unpaired) electrons. The van der Waals surface area contributed by atoms with E-state index >= 15 is 0 Å². The third kappa shape index (κ3) is 2.53. The van der Waals surface area contributed by atoms with Crippen molar-refractivity contribution in [2.45, 2.75) is 26.3 Å². The highest BCUT2D eigenvalue weighted by molar-refractivity contribution is 5.82. The number of hydrogen-bond acceptors (Lipinski definition) is 5. The second-order valence-electron chi connectivity index (χ2n) is 3.50. The van der Waals surface area contributed by atoms with Crippen molar-refractivity contribution in [3.05, 3.63) is 11.7 Å². The van der Waals surface area contributed by atoms with E-state index in [0.717, 1.165) is 0 Å². The lowest BCUT2D eigenvalue weighted by atomic mass is 10.0. The van der Waals surface area contributed by atoms with Crippen molar-refractivity contribution in [2.24, 2.45) is 11.7 Å². The molecule has 0 bridgehead atoms. The Bertz CT molecular complexity index is 321. The number of carbonyl (C=O) groups is 1. The minimum Gasteiger partial charge on any atom is -0.475 e. The summed E-state index contributed by atoms with van der Waals surface area (Å²) >= 11 is 0. The van der Waals surface area contributed by atoms with Crippen molar-refractivity contribution >= 4 is 5.97 Å². The predicted octanol–water partition coefficient (Wildman–Crippen LogP) is 0.814. The molecule has 0 saturated carbocycles. The van der Waals surface area contributed by atoms with Gasteiger partial charge in [-0.3, -0.25) is 0 Å². The lowest BCUT2D eigenvalue weighted by Gasteiger charge is -2.08. The molecule has 0 aliphatic rings. The zero-order valence-corrected chi connectivity index (χ0v) is 8.10. The topological polar surface area (TPSA) is 102 Å². The van der Waals surface area contributed by atoms with Crippen LogP contribution < -0.4 is 5.73 Å². The Hall–Kier alpha value is -1.43. The molecule has 1 unspecified atom stereocenters. The van der Waals surface area contributed by atoms with Crippen LogP contribution in [0.4, 0.5) is 0 Å². The SMILES string of the molecule is CC(C)CC(N)c1nc(C(=O)O)no1. The Kier molecular flexibility index (Phi) is 3.19. The Morgan fingerprint density at radius 1 is 1.64 bits per heavy atom. The van der Waals surface area contributed by atoms with Gasteiger partial charge in [0.05, 0.1) is 6.04 Å². The van der Waals surface area contributed by atoms with Gasteiger partial charge in [0, 0.05) is 0 Å². The molecule has 6 heteroatoms. The molecule has 1 aromatic heterocycles. The molecule has 0 spiro atoms. The highest BCUT2D eigenvalue weighted by Gasteiger charge is 2.18. The fraction of sp³-hybridized carbons (Fsp3) is 0.625. The lowest BCUT2D eigenvalue weighted by Crippen LogP contribution is -2.13. The van der Waals surface area contributed by atoms with E-state index in [1.54, 1.807) is 0 Å². The van der Waals surface area contributed by atoms with Crippen LogP contribution in [0.5, 0.6) is 0 Å². The van der Waals surface area contributed by atoms with Gasteiger partial charge in [-0.2, -0.15) is 4.98 Å². The Morgan fingerprint density at radius 2 is 2.29 bits per heavy atom. The molecule has 0 saturated heterocycles. The normalized spacial score (nSPS) is 13.1. The highest BCUT2D eigenvalue weighted by atomic mass is 16.5. The van der Waals surface area contributed by atoms with Crippen molar-refractivity contribution in [1.82, 2.24) is 10.1 Å². The summed E-state index contributed by atoms with van der Waals surface area (Å²) in [5.41, 5.74) is 5.72. The van der Waals surface area contributed by atoms with E-state index in [1.807, 2.05) is 13.8 Å². The van der Waals surface area contributed by atoms with Gasteiger partial charge in [0.1, 0.15) is 0 Å². The molecule has 14 heavy (non-hydrogen) atoms. The van der Waals surface area contributed by atoms with Crippen LogP contribution in [0, 0.1) is 5.92 Å². The highest BCUT2D eigenvalue weighted by Crippen LogP contribution is 2.16. The fourth-order valence-electron chi connectivity index (χ4n) is 1.08. The molecule has 6 nitrogen and oxygen atoms in total. The molecule has 0 fully saturated rings. The second-order valence-corrected chi connectivity index (χ2v) is 3.50. The molecule has 78 valence electrons. The number of hydrogen-bond donors (Lipinski definition) is 2. The largest absolute Gasteiger partial charge is 0.475 e. The number of aromatic nitrogens is 2. The Labute approximate surface area is 81.1 Å². The summed E-state index contributed by atoms with van der Waals surface area (Å²) in [7, 11) is 0. The number of carboxylic acid groups (broad SMARTS) is 1. The van der Waals surface area contributed by atoms with Gasteiger partial charge in [-0.05, 0) is 17.5 Å². The minimum absolute atomic E-state index is 0.177. The molecular formula is C8H13N3O3. The van der Waals surface area contributed by atoms with E-state index in [-0.39, 0.29) is 11.7 Å². The van der Waals surface area contributed by atoms with Crippen molar-refractivity contribution in [2.75, 3.05) is 0 Å². The van der Waals surface area contributed by atoms with E-state index in [4.69, 9.17) is 15.4 Å². The van der Waals surface area contributed by atoms with Crippen molar-refractivity contribution in [3.8, 4) is 0 Å². The lowest BCUT2D eigenvalue weighted by molar-refractivity contribution is 0.0680. The summed E-state index contributed by atoms with van der Waals surface area (Å²) < 4.78 is 4.72. The van der Waals surface area contributed by atoms with Crippen LogP contribution in [0.2, 0.25) is 0 Å². The molecule has 1 atom stereocenters. The number of nitrogens with two attached hydrogens (primary N) is 1. The summed E-state index contributed by atoms with van der Waals surface area (Å²) in [6.07, 6.45) is 0.682. The number of aromatic carboxylic acids is 1. The average Bonchev–Trinajstić information content (AvgIpc) is 2.50. The second kappa shape index (κ2) is 4.19. The third-order valence-electron chi connectivity index (χ3n) is 1.68. The van der Waals surface area contributed by atoms with Gasteiger partial charge in [-0.1, -0.05) is 13.8 Å². The molecule has 0 aliphatic heterocycles. The molecule has 1 heterocycles. The molecule has 0 aromatic carbocycles. The Morgan fingerprint density at radius 3 is 2.71 bits per heavy atom. The summed E-state index contributed by atoms with van der Waals surface area (Å²) in [5, 5.41) is 11.8. The predicted molar refractivity (Wildman–Crippen MR) is 47.6 cm³/mol. The molecule has 0 aliphatic carbocycles. The zero-order chi connectivity index (χ0) is 10.7. The van der Waals surface area contributed by atoms with E-state index < -0.39 is 12.0 Å². The number of carboxylic acids is 1. The standard InChI is InChI=1S/C8H13N3O3/c1-4(2)3-5(9)7-10-6(8(12)13)11-14-7/h4-5H,3,9H2,1-2H3,(H,12,13). The third-order valence-corrected chi connectivity index (χ3v) is 1.68. The van der Waals surface area contributed by atoms with E-state index in [9.17, 15) is 4.79 Å². The minimum atomic E-state index is -1.21. The molecule has 1 aromatic rings. The summed E-state index contributed by atoms with van der Waals surface area (Å²) in [6.45, 7) is 4.02. The molecule has 3 N–H and O–H groups in total. The van der Waals surface area contributed by atoms with Gasteiger partial charge in [0.25, 0.3) is 5.82 Å². The van der Waals surface area contributed by atoms with Crippen molar-refractivity contribution in [3.63, 3.8) is 0 Å².